The molecule has 0 fully saturated rings. The Hall–Kier alpha value is -0.600. The summed E-state index contributed by atoms with van der Waals surface area (Å²) >= 11 is 5.71. The van der Waals surface area contributed by atoms with E-state index in [9.17, 15) is 0 Å². The predicted molar refractivity (Wildman–Crippen MR) is 60.6 cm³/mol. The van der Waals surface area contributed by atoms with Crippen molar-refractivity contribution in [3.63, 3.8) is 0 Å². The van der Waals surface area contributed by atoms with Crippen LogP contribution in [0.5, 0.6) is 0 Å². The highest BCUT2D eigenvalue weighted by Crippen LogP contribution is 2.03. The molecule has 1 aromatic rings. The quantitative estimate of drug-likeness (QED) is 0.758. The molecule has 0 saturated heterocycles. The van der Waals surface area contributed by atoms with Crippen LogP contribution in [0.15, 0.2) is 18.3 Å². The van der Waals surface area contributed by atoms with Crippen molar-refractivity contribution in [3.05, 3.63) is 29.6 Å². The minimum Gasteiger partial charge on any atom is -0.311 e. The van der Waals surface area contributed by atoms with Crippen LogP contribution in [0.25, 0.3) is 0 Å². The zero-order valence-corrected chi connectivity index (χ0v) is 9.51. The van der Waals surface area contributed by atoms with Gasteiger partial charge in [-0.1, -0.05) is 13.0 Å². The van der Waals surface area contributed by atoms with E-state index < -0.39 is 0 Å². The summed E-state index contributed by atoms with van der Waals surface area (Å²) in [5, 5.41) is 3.35. The SMILES string of the molecule is Cc1cccnc1CNCC(C)CCl. The van der Waals surface area contributed by atoms with Gasteiger partial charge in [0.1, 0.15) is 0 Å². The van der Waals surface area contributed by atoms with Crippen molar-refractivity contribution in [3.8, 4) is 0 Å². The lowest BCUT2D eigenvalue weighted by molar-refractivity contribution is 0.551. The largest absolute Gasteiger partial charge is 0.311 e. The second-order valence-corrected chi connectivity index (χ2v) is 3.97. The van der Waals surface area contributed by atoms with Gasteiger partial charge in [-0.2, -0.15) is 0 Å². The molecule has 1 heterocycles. The molecule has 0 aromatic carbocycles. The van der Waals surface area contributed by atoms with Gasteiger partial charge < -0.3 is 5.32 Å². The third-order valence-electron chi connectivity index (χ3n) is 2.17. The van der Waals surface area contributed by atoms with Crippen LogP contribution >= 0.6 is 11.6 Å². The van der Waals surface area contributed by atoms with Gasteiger partial charge in [-0.25, -0.2) is 0 Å². The Morgan fingerprint density at radius 2 is 2.36 bits per heavy atom. The lowest BCUT2D eigenvalue weighted by Crippen LogP contribution is -2.22. The molecule has 0 aliphatic rings. The average Bonchev–Trinajstić information content (AvgIpc) is 2.20. The Bertz CT molecular complexity index is 276. The van der Waals surface area contributed by atoms with Crippen LogP contribution in [0.4, 0.5) is 0 Å². The van der Waals surface area contributed by atoms with Crippen LogP contribution in [0, 0.1) is 12.8 Å². The van der Waals surface area contributed by atoms with Crippen LogP contribution < -0.4 is 5.32 Å². The van der Waals surface area contributed by atoms with E-state index in [4.69, 9.17) is 11.6 Å². The van der Waals surface area contributed by atoms with E-state index in [1.807, 2.05) is 12.3 Å². The molecule has 3 heteroatoms. The van der Waals surface area contributed by atoms with Crippen molar-refractivity contribution in [2.75, 3.05) is 12.4 Å². The van der Waals surface area contributed by atoms with Crippen molar-refractivity contribution in [2.45, 2.75) is 20.4 Å². The molecule has 0 radical (unpaired) electrons. The highest BCUT2D eigenvalue weighted by Gasteiger charge is 2.01. The van der Waals surface area contributed by atoms with Crippen LogP contribution in [-0.4, -0.2) is 17.4 Å². The number of hydrogen-bond acceptors (Lipinski definition) is 2. The second kappa shape index (κ2) is 5.99. The van der Waals surface area contributed by atoms with Crippen molar-refractivity contribution < 1.29 is 0 Å². The van der Waals surface area contributed by atoms with Gasteiger partial charge in [0.2, 0.25) is 0 Å². The number of rotatable bonds is 5. The number of aromatic nitrogens is 1. The lowest BCUT2D eigenvalue weighted by atomic mass is 10.2. The minimum atomic E-state index is 0.515. The predicted octanol–water partition coefficient (Wildman–Crippen LogP) is 2.35. The van der Waals surface area contributed by atoms with Gasteiger partial charge >= 0.3 is 0 Å². The molecule has 0 spiro atoms. The summed E-state index contributed by atoms with van der Waals surface area (Å²) in [4.78, 5) is 4.31. The van der Waals surface area contributed by atoms with Gasteiger partial charge in [-0.15, -0.1) is 11.6 Å². The minimum absolute atomic E-state index is 0.515. The Morgan fingerprint density at radius 3 is 3.00 bits per heavy atom. The van der Waals surface area contributed by atoms with Crippen molar-refractivity contribution in [1.82, 2.24) is 10.3 Å². The van der Waals surface area contributed by atoms with Crippen molar-refractivity contribution in [2.24, 2.45) is 5.92 Å². The van der Waals surface area contributed by atoms with E-state index in [0.29, 0.717) is 11.8 Å². The number of aryl methyl sites for hydroxylation is 1. The fourth-order valence-electron chi connectivity index (χ4n) is 1.19. The Labute approximate surface area is 90.7 Å². The maximum Gasteiger partial charge on any atom is 0.0570 e. The second-order valence-electron chi connectivity index (χ2n) is 3.66. The first-order chi connectivity index (χ1) is 6.74. The summed E-state index contributed by atoms with van der Waals surface area (Å²) in [6.45, 7) is 5.98. The van der Waals surface area contributed by atoms with E-state index in [0.717, 1.165) is 18.8 Å². The molecule has 78 valence electrons. The zero-order chi connectivity index (χ0) is 10.4. The maximum absolute atomic E-state index is 5.71. The Kier molecular flexibility index (Phi) is 4.91. The first kappa shape index (κ1) is 11.5. The first-order valence-corrected chi connectivity index (χ1v) is 5.44. The third kappa shape index (κ3) is 3.64. The molecular formula is C11H17ClN2. The van der Waals surface area contributed by atoms with E-state index >= 15 is 0 Å². The monoisotopic (exact) mass is 212 g/mol. The number of alkyl halides is 1. The lowest BCUT2D eigenvalue weighted by Gasteiger charge is -2.09. The zero-order valence-electron chi connectivity index (χ0n) is 8.76. The first-order valence-electron chi connectivity index (χ1n) is 4.91. The molecule has 0 aliphatic heterocycles. The highest BCUT2D eigenvalue weighted by molar-refractivity contribution is 6.18. The maximum atomic E-state index is 5.71. The number of nitrogens with one attached hydrogen (secondary N) is 1. The highest BCUT2D eigenvalue weighted by atomic mass is 35.5. The summed E-state index contributed by atoms with van der Waals surface area (Å²) in [5.74, 6) is 1.22. The summed E-state index contributed by atoms with van der Waals surface area (Å²) in [7, 11) is 0. The smallest absolute Gasteiger partial charge is 0.0570 e. The third-order valence-corrected chi connectivity index (χ3v) is 2.69. The Balaban J connectivity index is 2.35. The summed E-state index contributed by atoms with van der Waals surface area (Å²) < 4.78 is 0. The van der Waals surface area contributed by atoms with Gasteiger partial charge in [0, 0.05) is 18.6 Å². The van der Waals surface area contributed by atoms with Crippen LogP contribution in [-0.2, 0) is 6.54 Å². The van der Waals surface area contributed by atoms with Gasteiger partial charge in [0.15, 0.2) is 0 Å². The van der Waals surface area contributed by atoms with E-state index in [2.05, 4.69) is 30.2 Å². The van der Waals surface area contributed by atoms with E-state index in [1.54, 1.807) is 0 Å². The molecule has 0 aliphatic carbocycles. The number of hydrogen-bond donors (Lipinski definition) is 1. The molecule has 1 rings (SSSR count). The summed E-state index contributed by atoms with van der Waals surface area (Å²) in [6.07, 6.45) is 1.83. The molecule has 2 nitrogen and oxygen atoms in total. The van der Waals surface area contributed by atoms with Gasteiger partial charge in [0.25, 0.3) is 0 Å². The molecule has 0 saturated carbocycles. The van der Waals surface area contributed by atoms with Gasteiger partial charge in [0.05, 0.1) is 5.69 Å². The summed E-state index contributed by atoms with van der Waals surface area (Å²) in [6, 6.07) is 4.04. The van der Waals surface area contributed by atoms with E-state index in [1.165, 1.54) is 5.56 Å². The molecule has 0 bridgehead atoms. The molecular weight excluding hydrogens is 196 g/mol. The fourth-order valence-corrected chi connectivity index (χ4v) is 1.30. The van der Waals surface area contributed by atoms with Crippen molar-refractivity contribution in [1.29, 1.82) is 0 Å². The van der Waals surface area contributed by atoms with Crippen LogP contribution in [0.3, 0.4) is 0 Å². The fraction of sp³-hybridized carbons (Fsp3) is 0.545. The molecule has 1 aromatic heterocycles. The van der Waals surface area contributed by atoms with Gasteiger partial charge in [-0.3, -0.25) is 4.98 Å². The summed E-state index contributed by atoms with van der Waals surface area (Å²) in [5.41, 5.74) is 2.35. The topological polar surface area (TPSA) is 24.9 Å². The van der Waals surface area contributed by atoms with Crippen LogP contribution in [0.2, 0.25) is 0 Å². The van der Waals surface area contributed by atoms with E-state index in [-0.39, 0.29) is 0 Å². The number of pyridine rings is 1. The number of nitrogens with zero attached hydrogens (tertiary/aromatic N) is 1. The molecule has 0 amide bonds. The molecule has 1 unspecified atom stereocenters. The Morgan fingerprint density at radius 1 is 1.57 bits per heavy atom. The molecule has 1 N–H and O–H groups in total. The van der Waals surface area contributed by atoms with Crippen molar-refractivity contribution >= 4 is 11.6 Å². The average molecular weight is 213 g/mol. The normalized spacial score (nSPS) is 12.8. The standard InChI is InChI=1S/C11H17ClN2/c1-9(6-12)7-13-8-11-10(2)4-3-5-14-11/h3-5,9,13H,6-8H2,1-2H3. The molecule has 1 atom stereocenters. The van der Waals surface area contributed by atoms with Crippen LogP contribution in [0.1, 0.15) is 18.2 Å². The van der Waals surface area contributed by atoms with Gasteiger partial charge in [-0.05, 0) is 31.0 Å². The molecule has 14 heavy (non-hydrogen) atoms. The number of halogens is 1.